The molecule has 0 bridgehead atoms. The number of hydrogen-bond acceptors (Lipinski definition) is 6. The minimum absolute atomic E-state index is 0.113. The molecule has 0 amide bonds. The van der Waals surface area contributed by atoms with E-state index in [1.807, 2.05) is 30.3 Å². The van der Waals surface area contributed by atoms with Crippen LogP contribution in [-0.4, -0.2) is 26.5 Å². The Morgan fingerprint density at radius 3 is 2.69 bits per heavy atom. The third kappa shape index (κ3) is 2.63. The minimum Gasteiger partial charge on any atom is -0.467 e. The number of ether oxygens (including phenoxy) is 2. The molecule has 0 radical (unpaired) electrons. The number of fused-ring (bicyclic) bond motifs is 2. The first-order valence-corrected chi connectivity index (χ1v) is 9.44. The van der Waals surface area contributed by atoms with Crippen LogP contribution in [0.4, 0.5) is 5.69 Å². The van der Waals surface area contributed by atoms with Gasteiger partial charge >= 0.3 is 5.97 Å². The van der Waals surface area contributed by atoms with Gasteiger partial charge in [0.2, 0.25) is 15.6 Å². The lowest BCUT2D eigenvalue weighted by atomic mass is 9.90. The number of sulfonamides is 1. The molecule has 26 heavy (non-hydrogen) atoms. The predicted molar refractivity (Wildman–Crippen MR) is 95.4 cm³/mol. The SMILES string of the molecule is CC1(C2=Cc3ccccc3NC2)Oc2cc(S(N)(=O)=O)ccc2OC1=O. The van der Waals surface area contributed by atoms with Crippen LogP contribution in [0.1, 0.15) is 12.5 Å². The summed E-state index contributed by atoms with van der Waals surface area (Å²) < 4.78 is 34.5. The van der Waals surface area contributed by atoms with Gasteiger partial charge in [-0.25, -0.2) is 18.4 Å². The highest BCUT2D eigenvalue weighted by Crippen LogP contribution is 2.41. The topological polar surface area (TPSA) is 108 Å². The minimum atomic E-state index is -3.90. The zero-order valence-corrected chi connectivity index (χ0v) is 14.7. The number of carbonyl (C=O) groups is 1. The Morgan fingerprint density at radius 2 is 1.92 bits per heavy atom. The maximum Gasteiger partial charge on any atom is 0.360 e. The van der Waals surface area contributed by atoms with Crippen molar-refractivity contribution in [1.82, 2.24) is 0 Å². The number of para-hydroxylation sites is 1. The summed E-state index contributed by atoms with van der Waals surface area (Å²) in [5, 5.41) is 8.41. The molecular formula is C18H16N2O5S. The van der Waals surface area contributed by atoms with E-state index in [1.165, 1.54) is 18.2 Å². The molecule has 0 saturated carbocycles. The number of nitrogens with one attached hydrogen (secondary N) is 1. The Balaban J connectivity index is 1.77. The Labute approximate surface area is 150 Å². The second-order valence-electron chi connectivity index (χ2n) is 6.29. The largest absolute Gasteiger partial charge is 0.467 e. The Bertz CT molecular complexity index is 1060. The fourth-order valence-electron chi connectivity index (χ4n) is 3.00. The number of nitrogens with two attached hydrogens (primary N) is 1. The van der Waals surface area contributed by atoms with Gasteiger partial charge in [0.1, 0.15) is 0 Å². The monoisotopic (exact) mass is 372 g/mol. The van der Waals surface area contributed by atoms with Gasteiger partial charge in [-0.15, -0.1) is 0 Å². The Hall–Kier alpha value is -2.84. The summed E-state index contributed by atoms with van der Waals surface area (Å²) in [6, 6.07) is 11.6. The van der Waals surface area contributed by atoms with E-state index in [9.17, 15) is 13.2 Å². The quantitative estimate of drug-likeness (QED) is 0.616. The van der Waals surface area contributed by atoms with Crippen molar-refractivity contribution < 1.29 is 22.7 Å². The van der Waals surface area contributed by atoms with Crippen molar-refractivity contribution in [2.45, 2.75) is 17.4 Å². The highest BCUT2D eigenvalue weighted by Gasteiger charge is 2.46. The number of esters is 1. The van der Waals surface area contributed by atoms with Crippen molar-refractivity contribution in [2.24, 2.45) is 5.14 Å². The summed E-state index contributed by atoms with van der Waals surface area (Å²) >= 11 is 0. The summed E-state index contributed by atoms with van der Waals surface area (Å²) in [4.78, 5) is 12.5. The van der Waals surface area contributed by atoms with Gasteiger partial charge in [0.25, 0.3) is 0 Å². The average molecular weight is 372 g/mol. The predicted octanol–water partition coefficient (Wildman–Crippen LogP) is 1.90. The van der Waals surface area contributed by atoms with E-state index < -0.39 is 21.6 Å². The molecule has 2 aliphatic heterocycles. The van der Waals surface area contributed by atoms with Crippen molar-refractivity contribution in [1.29, 1.82) is 0 Å². The van der Waals surface area contributed by atoms with Gasteiger partial charge < -0.3 is 14.8 Å². The third-order valence-corrected chi connectivity index (χ3v) is 5.43. The van der Waals surface area contributed by atoms with E-state index >= 15 is 0 Å². The van der Waals surface area contributed by atoms with Gasteiger partial charge in [-0.3, -0.25) is 0 Å². The lowest BCUT2D eigenvalue weighted by Crippen LogP contribution is -2.50. The molecule has 1 atom stereocenters. The normalized spacial score (nSPS) is 21.5. The smallest absolute Gasteiger partial charge is 0.360 e. The first kappa shape index (κ1) is 16.6. The van der Waals surface area contributed by atoms with Crippen molar-refractivity contribution in [3.05, 3.63) is 53.6 Å². The van der Waals surface area contributed by atoms with Crippen molar-refractivity contribution in [3.63, 3.8) is 0 Å². The number of hydrogen-bond donors (Lipinski definition) is 2. The maximum absolute atomic E-state index is 12.6. The van der Waals surface area contributed by atoms with Gasteiger partial charge in [-0.1, -0.05) is 18.2 Å². The molecule has 0 aliphatic carbocycles. The molecule has 2 heterocycles. The molecule has 1 unspecified atom stereocenters. The van der Waals surface area contributed by atoms with Crippen LogP contribution >= 0.6 is 0 Å². The number of benzene rings is 2. The van der Waals surface area contributed by atoms with E-state index in [4.69, 9.17) is 14.6 Å². The molecule has 0 fully saturated rings. The second kappa shape index (κ2) is 5.58. The molecule has 0 saturated heterocycles. The molecule has 3 N–H and O–H groups in total. The van der Waals surface area contributed by atoms with Crippen LogP contribution in [0.15, 0.2) is 52.9 Å². The lowest BCUT2D eigenvalue weighted by Gasteiger charge is -2.36. The number of anilines is 1. The van der Waals surface area contributed by atoms with Gasteiger partial charge in [-0.05, 0) is 36.8 Å². The van der Waals surface area contributed by atoms with Crippen molar-refractivity contribution in [3.8, 4) is 11.5 Å². The van der Waals surface area contributed by atoms with Gasteiger partial charge in [0.15, 0.2) is 11.5 Å². The van der Waals surface area contributed by atoms with Crippen LogP contribution in [0.3, 0.4) is 0 Å². The maximum atomic E-state index is 12.6. The number of rotatable bonds is 2. The summed E-state index contributed by atoms with van der Waals surface area (Å²) in [5.41, 5.74) is 1.18. The summed E-state index contributed by atoms with van der Waals surface area (Å²) in [7, 11) is -3.90. The zero-order chi connectivity index (χ0) is 18.5. The van der Waals surface area contributed by atoms with Crippen LogP contribution in [-0.2, 0) is 14.8 Å². The first-order chi connectivity index (χ1) is 12.3. The highest BCUT2D eigenvalue weighted by molar-refractivity contribution is 7.89. The fraction of sp³-hybridized carbons (Fsp3) is 0.167. The summed E-state index contributed by atoms with van der Waals surface area (Å²) in [5.74, 6) is -0.260. The first-order valence-electron chi connectivity index (χ1n) is 7.89. The van der Waals surface area contributed by atoms with Crippen LogP contribution in [0, 0.1) is 0 Å². The summed E-state index contributed by atoms with van der Waals surface area (Å²) in [6.07, 6.45) is 1.88. The van der Waals surface area contributed by atoms with Crippen LogP contribution in [0.25, 0.3) is 6.08 Å². The van der Waals surface area contributed by atoms with Gasteiger partial charge in [-0.2, -0.15) is 0 Å². The van der Waals surface area contributed by atoms with E-state index in [1.54, 1.807) is 6.92 Å². The number of primary sulfonamides is 1. The molecule has 2 aromatic rings. The molecule has 7 nitrogen and oxygen atoms in total. The third-order valence-electron chi connectivity index (χ3n) is 4.52. The number of carbonyl (C=O) groups excluding carboxylic acids is 1. The molecular weight excluding hydrogens is 356 g/mol. The molecule has 0 spiro atoms. The molecule has 0 aromatic heterocycles. The molecule has 8 heteroatoms. The molecule has 134 valence electrons. The zero-order valence-electron chi connectivity index (χ0n) is 13.9. The van der Waals surface area contributed by atoms with Crippen molar-refractivity contribution >= 4 is 27.8 Å². The van der Waals surface area contributed by atoms with Gasteiger partial charge in [0, 0.05) is 23.9 Å². The van der Waals surface area contributed by atoms with Crippen LogP contribution in [0.2, 0.25) is 0 Å². The van der Waals surface area contributed by atoms with Crippen LogP contribution < -0.4 is 19.9 Å². The van der Waals surface area contributed by atoms with E-state index in [0.717, 1.165) is 11.3 Å². The summed E-state index contributed by atoms with van der Waals surface area (Å²) in [6.45, 7) is 2.00. The molecule has 2 aromatic carbocycles. The second-order valence-corrected chi connectivity index (χ2v) is 7.85. The van der Waals surface area contributed by atoms with Crippen molar-refractivity contribution in [2.75, 3.05) is 11.9 Å². The average Bonchev–Trinajstić information content (AvgIpc) is 2.61. The lowest BCUT2D eigenvalue weighted by molar-refractivity contribution is -0.151. The standard InChI is InChI=1S/C18H16N2O5S/c1-18(12-8-11-4-2-3-5-14(11)20-10-12)17(21)24-15-7-6-13(26(19,22)23)9-16(15)25-18/h2-9,20H,10H2,1H3,(H2,19,22,23). The van der Waals surface area contributed by atoms with Crippen LogP contribution in [0.5, 0.6) is 11.5 Å². The van der Waals surface area contributed by atoms with E-state index in [0.29, 0.717) is 12.1 Å². The fourth-order valence-corrected chi connectivity index (χ4v) is 3.53. The molecule has 2 aliphatic rings. The van der Waals surface area contributed by atoms with E-state index in [-0.39, 0.29) is 16.4 Å². The Kier molecular flexibility index (Phi) is 3.57. The highest BCUT2D eigenvalue weighted by atomic mass is 32.2. The van der Waals surface area contributed by atoms with Gasteiger partial charge in [0.05, 0.1) is 4.90 Å². The molecule has 4 rings (SSSR count). The van der Waals surface area contributed by atoms with E-state index in [2.05, 4.69) is 5.32 Å². The Morgan fingerprint density at radius 1 is 1.15 bits per heavy atom.